The fourth-order valence-electron chi connectivity index (χ4n) is 1.37. The number of rotatable bonds is 3. The Labute approximate surface area is 113 Å². The minimum Gasteiger partial charge on any atom is -0.506 e. The van der Waals surface area contributed by atoms with Crippen molar-refractivity contribution in [2.45, 2.75) is 6.61 Å². The lowest BCUT2D eigenvalue weighted by molar-refractivity contribution is 0.305. The van der Waals surface area contributed by atoms with Crippen molar-refractivity contribution in [1.29, 1.82) is 0 Å². The average Bonchev–Trinajstić information content (AvgIpc) is 2.31. The largest absolute Gasteiger partial charge is 0.506 e. The first kappa shape index (κ1) is 12.3. The Balaban J connectivity index is 2.05. The van der Waals surface area contributed by atoms with Crippen molar-refractivity contribution in [2.75, 3.05) is 0 Å². The third-order valence-corrected chi connectivity index (χ3v) is 3.01. The second kappa shape index (κ2) is 5.43. The first-order chi connectivity index (χ1) is 8.15. The zero-order chi connectivity index (χ0) is 12.3. The van der Waals surface area contributed by atoms with Crippen molar-refractivity contribution in [3.8, 4) is 11.5 Å². The fraction of sp³-hybridized carbons (Fsp3) is 0.0769. The molecule has 2 aromatic carbocycles. The van der Waals surface area contributed by atoms with E-state index >= 15 is 0 Å². The molecule has 2 nitrogen and oxygen atoms in total. The van der Waals surface area contributed by atoms with Crippen LogP contribution in [0.4, 0.5) is 0 Å². The van der Waals surface area contributed by atoms with Gasteiger partial charge >= 0.3 is 0 Å². The van der Waals surface area contributed by atoms with Crippen LogP contribution in [0.3, 0.4) is 0 Å². The number of hydrogen-bond donors (Lipinski definition) is 1. The number of benzene rings is 2. The highest BCUT2D eigenvalue weighted by Gasteiger charge is 2.01. The van der Waals surface area contributed by atoms with E-state index in [1.54, 1.807) is 12.1 Å². The SMILES string of the molecule is Oc1ccc(OCc2cccc(Br)c2)cc1Cl. The Morgan fingerprint density at radius 2 is 2.00 bits per heavy atom. The Morgan fingerprint density at radius 3 is 2.71 bits per heavy atom. The van der Waals surface area contributed by atoms with Gasteiger partial charge in [-0.3, -0.25) is 0 Å². The number of phenolic OH excluding ortho intramolecular Hbond substituents is 1. The van der Waals surface area contributed by atoms with Crippen LogP contribution in [0.25, 0.3) is 0 Å². The maximum atomic E-state index is 9.27. The Hall–Kier alpha value is -1.19. The molecule has 17 heavy (non-hydrogen) atoms. The second-order valence-corrected chi connectivity index (χ2v) is 4.85. The van der Waals surface area contributed by atoms with E-state index in [-0.39, 0.29) is 10.8 Å². The predicted octanol–water partition coefficient (Wildman–Crippen LogP) is 4.39. The quantitative estimate of drug-likeness (QED) is 0.911. The highest BCUT2D eigenvalue weighted by molar-refractivity contribution is 9.10. The van der Waals surface area contributed by atoms with Crippen LogP contribution in [-0.4, -0.2) is 5.11 Å². The Morgan fingerprint density at radius 1 is 1.18 bits per heavy atom. The van der Waals surface area contributed by atoms with Crippen LogP contribution in [0.2, 0.25) is 5.02 Å². The fourth-order valence-corrected chi connectivity index (χ4v) is 1.99. The summed E-state index contributed by atoms with van der Waals surface area (Å²) in [5.41, 5.74) is 1.06. The summed E-state index contributed by atoms with van der Waals surface area (Å²) < 4.78 is 6.58. The van der Waals surface area contributed by atoms with Gasteiger partial charge in [0.1, 0.15) is 18.1 Å². The molecule has 0 aliphatic heterocycles. The highest BCUT2D eigenvalue weighted by atomic mass is 79.9. The van der Waals surface area contributed by atoms with E-state index in [4.69, 9.17) is 16.3 Å². The summed E-state index contributed by atoms with van der Waals surface area (Å²) in [7, 11) is 0. The molecule has 88 valence electrons. The van der Waals surface area contributed by atoms with Crippen LogP contribution in [0.15, 0.2) is 46.9 Å². The molecule has 0 radical (unpaired) electrons. The summed E-state index contributed by atoms with van der Waals surface area (Å²) in [6.45, 7) is 0.459. The van der Waals surface area contributed by atoms with Gasteiger partial charge in [0.25, 0.3) is 0 Å². The van der Waals surface area contributed by atoms with E-state index in [1.807, 2.05) is 24.3 Å². The summed E-state index contributed by atoms with van der Waals surface area (Å²) in [5, 5.41) is 9.56. The van der Waals surface area contributed by atoms with Gasteiger partial charge in [-0.2, -0.15) is 0 Å². The smallest absolute Gasteiger partial charge is 0.134 e. The summed E-state index contributed by atoms with van der Waals surface area (Å²) >= 11 is 9.18. The molecule has 1 N–H and O–H groups in total. The lowest BCUT2D eigenvalue weighted by atomic mass is 10.2. The van der Waals surface area contributed by atoms with Crippen LogP contribution in [0.1, 0.15) is 5.56 Å². The van der Waals surface area contributed by atoms with Gasteiger partial charge in [0.05, 0.1) is 5.02 Å². The number of aromatic hydroxyl groups is 1. The molecular weight excluding hydrogens is 303 g/mol. The predicted molar refractivity (Wildman–Crippen MR) is 71.6 cm³/mol. The molecule has 0 aliphatic rings. The number of phenols is 1. The van der Waals surface area contributed by atoms with Gasteiger partial charge in [-0.25, -0.2) is 0 Å². The van der Waals surface area contributed by atoms with Gasteiger partial charge < -0.3 is 9.84 Å². The van der Waals surface area contributed by atoms with Crippen molar-refractivity contribution in [3.63, 3.8) is 0 Å². The molecule has 0 aliphatic carbocycles. The molecular formula is C13H10BrClO2. The third kappa shape index (κ3) is 3.38. The van der Waals surface area contributed by atoms with E-state index in [0.717, 1.165) is 10.0 Å². The molecule has 0 saturated heterocycles. The first-order valence-electron chi connectivity index (χ1n) is 5.01. The molecule has 2 aromatic rings. The standard InChI is InChI=1S/C13H10BrClO2/c14-10-3-1-2-9(6-10)8-17-11-4-5-13(16)12(15)7-11/h1-7,16H,8H2. The topological polar surface area (TPSA) is 29.5 Å². The number of hydrogen-bond acceptors (Lipinski definition) is 2. The third-order valence-electron chi connectivity index (χ3n) is 2.21. The van der Waals surface area contributed by atoms with Crippen LogP contribution in [-0.2, 0) is 6.61 Å². The van der Waals surface area contributed by atoms with Crippen LogP contribution in [0.5, 0.6) is 11.5 Å². The van der Waals surface area contributed by atoms with Crippen LogP contribution >= 0.6 is 27.5 Å². The normalized spacial score (nSPS) is 10.2. The maximum absolute atomic E-state index is 9.27. The van der Waals surface area contributed by atoms with E-state index in [2.05, 4.69) is 15.9 Å². The van der Waals surface area contributed by atoms with Crippen molar-refractivity contribution in [3.05, 3.63) is 57.5 Å². The number of halogens is 2. The number of ether oxygens (including phenoxy) is 1. The van der Waals surface area contributed by atoms with Gasteiger partial charge in [-0.1, -0.05) is 39.7 Å². The van der Waals surface area contributed by atoms with Crippen molar-refractivity contribution in [1.82, 2.24) is 0 Å². The van der Waals surface area contributed by atoms with E-state index in [1.165, 1.54) is 6.07 Å². The zero-order valence-electron chi connectivity index (χ0n) is 8.86. The summed E-state index contributed by atoms with van der Waals surface area (Å²) in [4.78, 5) is 0. The van der Waals surface area contributed by atoms with Crippen LogP contribution < -0.4 is 4.74 Å². The monoisotopic (exact) mass is 312 g/mol. The second-order valence-electron chi connectivity index (χ2n) is 3.53. The van der Waals surface area contributed by atoms with Gasteiger partial charge in [0.2, 0.25) is 0 Å². The summed E-state index contributed by atoms with van der Waals surface area (Å²) in [5.74, 6) is 0.689. The summed E-state index contributed by atoms with van der Waals surface area (Å²) in [6, 6.07) is 12.7. The lowest BCUT2D eigenvalue weighted by Gasteiger charge is -2.07. The van der Waals surface area contributed by atoms with Crippen LogP contribution in [0, 0.1) is 0 Å². The van der Waals surface area contributed by atoms with Gasteiger partial charge in [-0.05, 0) is 29.8 Å². The maximum Gasteiger partial charge on any atom is 0.134 e. The molecule has 0 heterocycles. The van der Waals surface area contributed by atoms with Gasteiger partial charge in [0.15, 0.2) is 0 Å². The zero-order valence-corrected chi connectivity index (χ0v) is 11.2. The molecule has 4 heteroatoms. The molecule has 2 rings (SSSR count). The minimum absolute atomic E-state index is 0.0569. The molecule has 0 amide bonds. The average molecular weight is 314 g/mol. The molecule has 0 saturated carbocycles. The molecule has 0 bridgehead atoms. The Kier molecular flexibility index (Phi) is 3.92. The lowest BCUT2D eigenvalue weighted by Crippen LogP contribution is -1.95. The van der Waals surface area contributed by atoms with Gasteiger partial charge in [0, 0.05) is 10.5 Å². The first-order valence-corrected chi connectivity index (χ1v) is 6.18. The molecule has 0 aromatic heterocycles. The molecule has 0 spiro atoms. The van der Waals surface area contributed by atoms with Crippen molar-refractivity contribution in [2.24, 2.45) is 0 Å². The Bertz CT molecular complexity index is 529. The molecule has 0 fully saturated rings. The van der Waals surface area contributed by atoms with Gasteiger partial charge in [-0.15, -0.1) is 0 Å². The summed E-state index contributed by atoms with van der Waals surface area (Å²) in [6.07, 6.45) is 0. The van der Waals surface area contributed by atoms with E-state index in [9.17, 15) is 5.11 Å². The molecule has 0 atom stereocenters. The highest BCUT2D eigenvalue weighted by Crippen LogP contribution is 2.27. The molecule has 0 unspecified atom stereocenters. The minimum atomic E-state index is 0.0569. The van der Waals surface area contributed by atoms with E-state index < -0.39 is 0 Å². The van der Waals surface area contributed by atoms with E-state index in [0.29, 0.717) is 12.4 Å². The van der Waals surface area contributed by atoms with Crippen molar-refractivity contribution >= 4 is 27.5 Å². The van der Waals surface area contributed by atoms with Crippen molar-refractivity contribution < 1.29 is 9.84 Å².